The maximum absolute atomic E-state index is 10.6. The summed E-state index contributed by atoms with van der Waals surface area (Å²) >= 11 is 0. The first-order valence-corrected chi connectivity index (χ1v) is 7.96. The molecule has 0 bridgehead atoms. The van der Waals surface area contributed by atoms with Crippen LogP contribution in [0.4, 0.5) is 11.4 Å². The summed E-state index contributed by atoms with van der Waals surface area (Å²) in [6, 6.07) is 8.18. The standard InChI is InChI=1S/C12H11N2O7P/c15-13(16)9-1-5-11(6-2-9)22(19,20,21)12-7-3-10(4-8-12)14(17)18/h1-8,19-21H. The van der Waals surface area contributed by atoms with E-state index in [-0.39, 0.29) is 22.0 Å². The molecule has 22 heavy (non-hydrogen) atoms. The second kappa shape index (κ2) is 5.08. The van der Waals surface area contributed by atoms with E-state index in [4.69, 9.17) is 0 Å². The molecule has 0 amide bonds. The first kappa shape index (κ1) is 15.9. The van der Waals surface area contributed by atoms with Crippen LogP contribution in [0, 0.1) is 20.2 Å². The van der Waals surface area contributed by atoms with Crippen LogP contribution in [0.3, 0.4) is 0 Å². The van der Waals surface area contributed by atoms with E-state index in [2.05, 4.69) is 0 Å². The topological polar surface area (TPSA) is 147 Å². The van der Waals surface area contributed by atoms with Gasteiger partial charge in [0.1, 0.15) is 0 Å². The molecule has 116 valence electrons. The Morgan fingerprint density at radius 3 is 1.18 bits per heavy atom. The number of non-ortho nitro benzene ring substituents is 2. The van der Waals surface area contributed by atoms with E-state index in [1.165, 1.54) is 0 Å². The summed E-state index contributed by atoms with van der Waals surface area (Å²) in [4.78, 5) is 50.7. The Bertz CT molecular complexity index is 673. The molecule has 0 heterocycles. The molecule has 0 unspecified atom stereocenters. The van der Waals surface area contributed by atoms with Crippen LogP contribution < -0.4 is 10.6 Å². The monoisotopic (exact) mass is 326 g/mol. The molecular formula is C12H11N2O7P. The minimum atomic E-state index is -5.50. The number of hydrogen-bond acceptors (Lipinski definition) is 7. The third-order valence-corrected chi connectivity index (χ3v) is 5.57. The Morgan fingerprint density at radius 2 is 0.955 bits per heavy atom. The van der Waals surface area contributed by atoms with Gasteiger partial charge >= 0.3 is 123 Å². The van der Waals surface area contributed by atoms with Crippen molar-refractivity contribution >= 4 is 29.3 Å². The van der Waals surface area contributed by atoms with E-state index in [0.717, 1.165) is 48.5 Å². The number of nitro groups is 2. The van der Waals surface area contributed by atoms with Gasteiger partial charge in [0.25, 0.3) is 0 Å². The molecule has 0 aliphatic rings. The van der Waals surface area contributed by atoms with Gasteiger partial charge in [-0.05, 0) is 0 Å². The van der Waals surface area contributed by atoms with Gasteiger partial charge in [-0.2, -0.15) is 0 Å². The van der Waals surface area contributed by atoms with E-state index in [0.29, 0.717) is 0 Å². The fourth-order valence-corrected chi connectivity index (χ4v) is 3.54. The normalized spacial score (nSPS) is 13.1. The number of benzene rings is 2. The summed E-state index contributed by atoms with van der Waals surface area (Å²) in [6.45, 7) is 0. The van der Waals surface area contributed by atoms with E-state index < -0.39 is 17.1 Å². The fraction of sp³-hybridized carbons (Fsp3) is 0. The Hall–Kier alpha value is -2.45. The average molecular weight is 326 g/mol. The van der Waals surface area contributed by atoms with Crippen LogP contribution in [0.25, 0.3) is 0 Å². The van der Waals surface area contributed by atoms with Gasteiger partial charge in [-0.3, -0.25) is 0 Å². The molecule has 0 aromatic heterocycles. The van der Waals surface area contributed by atoms with Gasteiger partial charge in [-0.1, -0.05) is 0 Å². The summed E-state index contributed by atoms with van der Waals surface area (Å²) < 4.78 is 0. The third-order valence-electron chi connectivity index (χ3n) is 3.07. The van der Waals surface area contributed by atoms with Crippen LogP contribution >= 0.6 is 7.28 Å². The molecule has 3 N–H and O–H groups in total. The zero-order chi connectivity index (χ0) is 16.6. The van der Waals surface area contributed by atoms with Gasteiger partial charge in [0.15, 0.2) is 0 Å². The summed E-state index contributed by atoms with van der Waals surface area (Å²) in [7, 11) is -5.50. The minimum absolute atomic E-state index is 0.278. The Labute approximate surface area is 123 Å². The van der Waals surface area contributed by atoms with Crippen LogP contribution in [0.1, 0.15) is 0 Å². The molecule has 2 rings (SSSR count). The molecule has 0 aliphatic carbocycles. The van der Waals surface area contributed by atoms with Gasteiger partial charge in [0, 0.05) is 0 Å². The van der Waals surface area contributed by atoms with Crippen molar-refractivity contribution < 1.29 is 24.5 Å². The molecular weight excluding hydrogens is 315 g/mol. The average Bonchev–Trinajstić information content (AvgIpc) is 2.47. The van der Waals surface area contributed by atoms with E-state index >= 15 is 0 Å². The molecule has 2 aromatic rings. The molecule has 0 radical (unpaired) electrons. The fourth-order valence-electron chi connectivity index (χ4n) is 1.85. The van der Waals surface area contributed by atoms with E-state index in [9.17, 15) is 34.9 Å². The number of rotatable bonds is 4. The van der Waals surface area contributed by atoms with Gasteiger partial charge in [0.2, 0.25) is 0 Å². The summed E-state index contributed by atoms with van der Waals surface area (Å²) in [6.07, 6.45) is 0. The predicted molar refractivity (Wildman–Crippen MR) is 79.0 cm³/mol. The van der Waals surface area contributed by atoms with Crippen molar-refractivity contribution in [1.82, 2.24) is 0 Å². The second-order valence-corrected chi connectivity index (χ2v) is 7.52. The first-order valence-electron chi connectivity index (χ1n) is 5.87. The van der Waals surface area contributed by atoms with Gasteiger partial charge in [0.05, 0.1) is 0 Å². The summed E-state index contributed by atoms with van der Waals surface area (Å²) in [5, 5.41) is 20.5. The SMILES string of the molecule is O=[N+]([O-])c1ccc(P(O)(O)(O)c2ccc([N+](=O)[O-])cc2)cc1. The first-order chi connectivity index (χ1) is 10.1. The third kappa shape index (κ3) is 2.78. The molecule has 0 fully saturated rings. The molecule has 0 atom stereocenters. The van der Waals surface area contributed by atoms with Crippen molar-refractivity contribution in [3.8, 4) is 0 Å². The van der Waals surface area contributed by atoms with Crippen LogP contribution in [0.2, 0.25) is 0 Å². The Kier molecular flexibility index (Phi) is 3.68. The molecule has 0 saturated carbocycles. The zero-order valence-electron chi connectivity index (χ0n) is 10.9. The van der Waals surface area contributed by atoms with Gasteiger partial charge in [-0.25, -0.2) is 0 Å². The van der Waals surface area contributed by atoms with Gasteiger partial charge < -0.3 is 0 Å². The van der Waals surface area contributed by atoms with Crippen LogP contribution in [0.15, 0.2) is 48.5 Å². The zero-order valence-corrected chi connectivity index (χ0v) is 11.8. The number of hydrogen-bond donors (Lipinski definition) is 3. The summed E-state index contributed by atoms with van der Waals surface area (Å²) in [5.41, 5.74) is -0.557. The molecule has 2 aromatic carbocycles. The summed E-state index contributed by atoms with van der Waals surface area (Å²) in [5.74, 6) is 0. The van der Waals surface area contributed by atoms with Gasteiger partial charge in [-0.15, -0.1) is 0 Å². The molecule has 0 aliphatic heterocycles. The van der Waals surface area contributed by atoms with Crippen molar-refractivity contribution in [2.24, 2.45) is 0 Å². The molecule has 0 spiro atoms. The Morgan fingerprint density at radius 1 is 0.682 bits per heavy atom. The maximum atomic E-state index is 10.6. The molecule has 0 saturated heterocycles. The van der Waals surface area contributed by atoms with Crippen LogP contribution in [-0.2, 0) is 0 Å². The van der Waals surface area contributed by atoms with Crippen LogP contribution in [-0.4, -0.2) is 24.5 Å². The van der Waals surface area contributed by atoms with Crippen LogP contribution in [0.5, 0.6) is 0 Å². The van der Waals surface area contributed by atoms with Crippen molar-refractivity contribution in [2.75, 3.05) is 0 Å². The van der Waals surface area contributed by atoms with E-state index in [1.54, 1.807) is 0 Å². The quantitative estimate of drug-likeness (QED) is 0.426. The number of nitro benzene ring substituents is 2. The van der Waals surface area contributed by atoms with Crippen molar-refractivity contribution in [3.05, 3.63) is 68.8 Å². The molecule has 10 heteroatoms. The Balaban J connectivity index is 2.48. The van der Waals surface area contributed by atoms with Crippen molar-refractivity contribution in [3.63, 3.8) is 0 Å². The number of nitrogens with zero attached hydrogens (tertiary/aromatic N) is 2. The second-order valence-electron chi connectivity index (χ2n) is 4.53. The molecule has 9 nitrogen and oxygen atoms in total. The van der Waals surface area contributed by atoms with Crippen molar-refractivity contribution in [1.29, 1.82) is 0 Å². The van der Waals surface area contributed by atoms with E-state index in [1.807, 2.05) is 0 Å². The predicted octanol–water partition coefficient (Wildman–Crippen LogP) is 0.729. The van der Waals surface area contributed by atoms with Crippen molar-refractivity contribution in [2.45, 2.75) is 0 Å².